The number of amides is 1. The highest BCUT2D eigenvalue weighted by molar-refractivity contribution is 6.46. The number of quaternary nitrogens is 1. The van der Waals surface area contributed by atoms with Gasteiger partial charge in [-0.3, -0.25) is 19.7 Å². The van der Waals surface area contributed by atoms with Crippen LogP contribution >= 0.6 is 0 Å². The van der Waals surface area contributed by atoms with E-state index in [9.17, 15) is 24.8 Å². The molecule has 0 spiro atoms. The van der Waals surface area contributed by atoms with Gasteiger partial charge in [0.1, 0.15) is 25.4 Å². The Labute approximate surface area is 208 Å². The fourth-order valence-corrected chi connectivity index (χ4v) is 4.43. The van der Waals surface area contributed by atoms with Crippen LogP contribution in [0.25, 0.3) is 5.76 Å². The molecule has 1 atom stereocenters. The predicted octanol–water partition coefficient (Wildman–Crippen LogP) is 0.299. The molecule has 2 aromatic carbocycles. The number of non-ortho nitro benzene ring substituents is 1. The molecule has 0 bridgehead atoms. The summed E-state index contributed by atoms with van der Waals surface area (Å²) in [6.45, 7) is 7.55. The first-order valence-corrected chi connectivity index (χ1v) is 11.7. The number of carbonyl (C=O) groups is 2. The van der Waals surface area contributed by atoms with Crippen LogP contribution in [0.1, 0.15) is 17.2 Å². The number of nitrogens with zero attached hydrogens (tertiary/aromatic N) is 2. The number of hydrogen-bond acceptors (Lipinski definition) is 7. The number of hydrogen-bond donors (Lipinski definition) is 1. The van der Waals surface area contributed by atoms with E-state index in [2.05, 4.69) is 6.58 Å². The molecule has 10 heteroatoms. The normalized spacial score (nSPS) is 19.9. The Hall–Kier alpha value is -4.02. The predicted molar refractivity (Wildman–Crippen MR) is 128 cm³/mol. The summed E-state index contributed by atoms with van der Waals surface area (Å²) in [5.74, 6) is -1.63. The van der Waals surface area contributed by atoms with Gasteiger partial charge in [0.25, 0.3) is 11.6 Å². The molecule has 1 N–H and O–H groups in total. The zero-order valence-electron chi connectivity index (χ0n) is 19.7. The summed E-state index contributed by atoms with van der Waals surface area (Å²) in [5, 5.41) is 24.6. The average Bonchev–Trinajstić information content (AvgIpc) is 3.16. The van der Waals surface area contributed by atoms with Crippen LogP contribution in [0.4, 0.5) is 5.69 Å². The second kappa shape index (κ2) is 11.1. The third-order valence-electron chi connectivity index (χ3n) is 6.34. The SMILES string of the molecule is C=CCOc1ccc(/C([O-])=C2\C(=O)C(=O)N(CC[NH+]3CCOCC3)C2c2ccc([N+](=O)[O-])cc2)cc1. The van der Waals surface area contributed by atoms with Crippen molar-refractivity contribution in [2.45, 2.75) is 6.04 Å². The second-order valence-electron chi connectivity index (χ2n) is 8.56. The highest BCUT2D eigenvalue weighted by Crippen LogP contribution is 2.39. The maximum absolute atomic E-state index is 13.5. The minimum Gasteiger partial charge on any atom is -0.872 e. The maximum Gasteiger partial charge on any atom is 0.295 e. The van der Waals surface area contributed by atoms with E-state index in [1.165, 1.54) is 34.1 Å². The van der Waals surface area contributed by atoms with Crippen LogP contribution in [0.2, 0.25) is 0 Å². The zero-order valence-corrected chi connectivity index (χ0v) is 19.7. The second-order valence-corrected chi connectivity index (χ2v) is 8.56. The van der Waals surface area contributed by atoms with E-state index in [1.807, 2.05) is 0 Å². The van der Waals surface area contributed by atoms with Gasteiger partial charge in [-0.25, -0.2) is 0 Å². The first-order valence-electron chi connectivity index (χ1n) is 11.7. The molecule has 4 rings (SSSR count). The van der Waals surface area contributed by atoms with E-state index >= 15 is 0 Å². The number of rotatable bonds is 9. The largest absolute Gasteiger partial charge is 0.872 e. The molecule has 0 saturated carbocycles. The Bertz CT molecular complexity index is 1170. The van der Waals surface area contributed by atoms with Gasteiger partial charge >= 0.3 is 0 Å². The van der Waals surface area contributed by atoms with Crippen molar-refractivity contribution in [3.05, 3.63) is 88.0 Å². The Morgan fingerprint density at radius 3 is 2.42 bits per heavy atom. The lowest BCUT2D eigenvalue weighted by molar-refractivity contribution is -0.907. The van der Waals surface area contributed by atoms with E-state index in [0.717, 1.165) is 13.1 Å². The lowest BCUT2D eigenvalue weighted by atomic mass is 9.95. The van der Waals surface area contributed by atoms with Crippen molar-refractivity contribution in [3.63, 3.8) is 0 Å². The average molecular weight is 494 g/mol. The summed E-state index contributed by atoms with van der Waals surface area (Å²) in [5.41, 5.74) is 0.419. The molecule has 0 radical (unpaired) electrons. The van der Waals surface area contributed by atoms with Crippen molar-refractivity contribution in [3.8, 4) is 5.75 Å². The molecule has 0 aliphatic carbocycles. The van der Waals surface area contributed by atoms with Gasteiger partial charge in [-0.1, -0.05) is 30.5 Å². The van der Waals surface area contributed by atoms with Gasteiger partial charge < -0.3 is 24.4 Å². The molecular weight excluding hydrogens is 466 g/mol. The number of ketones is 1. The van der Waals surface area contributed by atoms with Gasteiger partial charge in [0.2, 0.25) is 5.78 Å². The van der Waals surface area contributed by atoms with Gasteiger partial charge in [0.05, 0.1) is 37.3 Å². The van der Waals surface area contributed by atoms with Crippen LogP contribution in [0.15, 0.2) is 66.8 Å². The summed E-state index contributed by atoms with van der Waals surface area (Å²) < 4.78 is 10.8. The smallest absolute Gasteiger partial charge is 0.295 e. The molecule has 2 aliphatic heterocycles. The molecular formula is C26H27N3O7. The summed E-state index contributed by atoms with van der Waals surface area (Å²) in [4.78, 5) is 39.5. The number of nitrogens with one attached hydrogen (secondary N) is 1. The minimum absolute atomic E-state index is 0.123. The molecule has 2 heterocycles. The topological polar surface area (TPSA) is 126 Å². The summed E-state index contributed by atoms with van der Waals surface area (Å²) in [6.07, 6.45) is 1.60. The van der Waals surface area contributed by atoms with Crippen molar-refractivity contribution >= 4 is 23.1 Å². The Morgan fingerprint density at radius 1 is 1.14 bits per heavy atom. The van der Waals surface area contributed by atoms with Crippen LogP contribution in [-0.4, -0.2) is 67.5 Å². The number of nitro groups is 1. The van der Waals surface area contributed by atoms with Gasteiger partial charge in [-0.05, 0) is 35.4 Å². The van der Waals surface area contributed by atoms with Crippen molar-refractivity contribution in [2.24, 2.45) is 0 Å². The van der Waals surface area contributed by atoms with Crippen LogP contribution < -0.4 is 14.7 Å². The number of ether oxygens (including phenoxy) is 2. The molecule has 0 aromatic heterocycles. The third kappa shape index (κ3) is 5.29. The summed E-state index contributed by atoms with van der Waals surface area (Å²) in [6, 6.07) is 11.0. The van der Waals surface area contributed by atoms with E-state index in [1.54, 1.807) is 30.3 Å². The van der Waals surface area contributed by atoms with Crippen molar-refractivity contribution in [1.29, 1.82) is 0 Å². The van der Waals surface area contributed by atoms with Crippen molar-refractivity contribution < 1.29 is 34.0 Å². The minimum atomic E-state index is -0.935. The number of nitro benzene ring substituents is 1. The van der Waals surface area contributed by atoms with Crippen LogP contribution in [0.3, 0.4) is 0 Å². The lowest BCUT2D eigenvalue weighted by Crippen LogP contribution is -3.14. The van der Waals surface area contributed by atoms with E-state index in [4.69, 9.17) is 9.47 Å². The number of likely N-dealkylation sites (tertiary alicyclic amines) is 1. The van der Waals surface area contributed by atoms with E-state index in [-0.39, 0.29) is 23.4 Å². The van der Waals surface area contributed by atoms with E-state index in [0.29, 0.717) is 37.7 Å². The number of Topliss-reactive ketones (excluding diaryl/α,β-unsaturated/α-hetero) is 1. The van der Waals surface area contributed by atoms with E-state index < -0.39 is 28.4 Å². The van der Waals surface area contributed by atoms with Gasteiger partial charge in [0, 0.05) is 17.7 Å². The molecule has 2 aliphatic rings. The van der Waals surface area contributed by atoms with Gasteiger partial charge in [-0.2, -0.15) is 0 Å². The van der Waals surface area contributed by atoms with Crippen LogP contribution in [0.5, 0.6) is 5.75 Å². The molecule has 2 aromatic rings. The molecule has 188 valence electrons. The lowest BCUT2D eigenvalue weighted by Gasteiger charge is -2.30. The fraction of sp³-hybridized carbons (Fsp3) is 0.308. The van der Waals surface area contributed by atoms with Gasteiger partial charge in [0.15, 0.2) is 0 Å². The van der Waals surface area contributed by atoms with Crippen molar-refractivity contribution in [1.82, 2.24) is 4.90 Å². The first-order chi connectivity index (χ1) is 17.4. The Balaban J connectivity index is 1.70. The summed E-state index contributed by atoms with van der Waals surface area (Å²) in [7, 11) is 0. The number of carbonyl (C=O) groups excluding carboxylic acids is 2. The standard InChI is InChI=1S/C26H27N3O7/c1-2-15-36-21-9-5-19(6-10-21)24(30)22-23(18-3-7-20(8-4-18)29(33)34)28(26(32)25(22)31)12-11-27-13-16-35-17-14-27/h2-10,23,30H,1,11-17H2/b24-22+. The van der Waals surface area contributed by atoms with Crippen LogP contribution in [0, 0.1) is 10.1 Å². The summed E-state index contributed by atoms with van der Waals surface area (Å²) >= 11 is 0. The quantitative estimate of drug-likeness (QED) is 0.133. The third-order valence-corrected chi connectivity index (χ3v) is 6.34. The number of benzene rings is 2. The molecule has 1 amide bonds. The number of morpholine rings is 1. The molecule has 1 unspecified atom stereocenters. The van der Waals surface area contributed by atoms with Crippen LogP contribution in [-0.2, 0) is 14.3 Å². The van der Waals surface area contributed by atoms with Crippen molar-refractivity contribution in [2.75, 3.05) is 46.0 Å². The highest BCUT2D eigenvalue weighted by Gasteiger charge is 2.44. The monoisotopic (exact) mass is 493 g/mol. The maximum atomic E-state index is 13.5. The van der Waals surface area contributed by atoms with Gasteiger partial charge in [-0.15, -0.1) is 0 Å². The molecule has 36 heavy (non-hydrogen) atoms. The highest BCUT2D eigenvalue weighted by atomic mass is 16.6. The molecule has 10 nitrogen and oxygen atoms in total. The Morgan fingerprint density at radius 2 is 1.81 bits per heavy atom. The molecule has 2 fully saturated rings. The Kier molecular flexibility index (Phi) is 7.77. The molecule has 2 saturated heterocycles. The zero-order chi connectivity index (χ0) is 25.7. The fourth-order valence-electron chi connectivity index (χ4n) is 4.43. The first kappa shape index (κ1) is 25.1.